The first-order valence-corrected chi connectivity index (χ1v) is 10.5. The second-order valence-corrected chi connectivity index (χ2v) is 8.03. The molecule has 0 atom stereocenters. The topological polar surface area (TPSA) is 75.0 Å². The molecule has 0 bridgehead atoms. The summed E-state index contributed by atoms with van der Waals surface area (Å²) in [7, 11) is 0. The molecular formula is C24H23N3O2S. The fourth-order valence-electron chi connectivity index (χ4n) is 2.79. The summed E-state index contributed by atoms with van der Waals surface area (Å²) in [4.78, 5) is 18.1. The molecule has 30 heavy (non-hydrogen) atoms. The number of benzene rings is 2. The fourth-order valence-corrected chi connectivity index (χ4v) is 3.62. The lowest BCUT2D eigenvalue weighted by Gasteiger charge is -2.04. The third-order valence-electron chi connectivity index (χ3n) is 4.37. The van der Waals surface area contributed by atoms with Gasteiger partial charge in [-0.1, -0.05) is 48.9 Å². The van der Waals surface area contributed by atoms with Crippen LogP contribution in [0.15, 0.2) is 54.1 Å². The van der Waals surface area contributed by atoms with Crippen molar-refractivity contribution in [3.63, 3.8) is 0 Å². The molecule has 6 heteroatoms. The van der Waals surface area contributed by atoms with Gasteiger partial charge in [-0.05, 0) is 44.0 Å². The number of ether oxygens (including phenoxy) is 1. The van der Waals surface area contributed by atoms with Crippen molar-refractivity contribution in [3.05, 3.63) is 70.1 Å². The van der Waals surface area contributed by atoms with Gasteiger partial charge in [-0.25, -0.2) is 4.98 Å². The van der Waals surface area contributed by atoms with E-state index in [9.17, 15) is 10.1 Å². The largest absolute Gasteiger partial charge is 0.494 e. The molecule has 0 spiro atoms. The number of aromatic nitrogens is 1. The highest BCUT2D eigenvalue weighted by atomic mass is 32.1. The third-order valence-corrected chi connectivity index (χ3v) is 5.26. The first-order valence-electron chi connectivity index (χ1n) is 9.70. The highest BCUT2D eigenvalue weighted by molar-refractivity contribution is 7.16. The van der Waals surface area contributed by atoms with Crippen LogP contribution < -0.4 is 10.1 Å². The number of hydrogen-bond acceptors (Lipinski definition) is 5. The van der Waals surface area contributed by atoms with E-state index in [1.54, 1.807) is 6.08 Å². The van der Waals surface area contributed by atoms with Gasteiger partial charge in [-0.15, -0.1) is 11.3 Å². The van der Waals surface area contributed by atoms with Gasteiger partial charge in [0, 0.05) is 10.4 Å². The zero-order valence-corrected chi connectivity index (χ0v) is 18.0. The first-order chi connectivity index (χ1) is 14.5. The van der Waals surface area contributed by atoms with E-state index >= 15 is 0 Å². The van der Waals surface area contributed by atoms with Crippen LogP contribution in [0.5, 0.6) is 5.75 Å². The standard InChI is InChI=1S/C24H23N3O2S/c1-4-13-29-21-11-7-18(8-12-21)14-20(15-25)23(28)27-24-26-22(17(3)30-24)19-9-5-16(2)6-10-19/h5-12,14H,4,13H2,1-3H3,(H,26,27,28). The van der Waals surface area contributed by atoms with E-state index in [1.807, 2.05) is 75.4 Å². The molecule has 0 saturated carbocycles. The lowest BCUT2D eigenvalue weighted by molar-refractivity contribution is -0.112. The molecule has 0 fully saturated rings. The van der Waals surface area contributed by atoms with Gasteiger partial charge in [0.25, 0.3) is 5.91 Å². The molecule has 1 heterocycles. The number of hydrogen-bond donors (Lipinski definition) is 1. The van der Waals surface area contributed by atoms with E-state index in [4.69, 9.17) is 4.74 Å². The minimum absolute atomic E-state index is 0.0157. The Morgan fingerprint density at radius 2 is 1.87 bits per heavy atom. The second-order valence-electron chi connectivity index (χ2n) is 6.83. The summed E-state index contributed by atoms with van der Waals surface area (Å²) in [6, 6.07) is 17.3. The minimum Gasteiger partial charge on any atom is -0.494 e. The van der Waals surface area contributed by atoms with E-state index in [1.165, 1.54) is 16.9 Å². The maximum Gasteiger partial charge on any atom is 0.268 e. The normalized spacial score (nSPS) is 11.1. The molecule has 2 aromatic carbocycles. The molecule has 152 valence electrons. The molecule has 1 N–H and O–H groups in total. The summed E-state index contributed by atoms with van der Waals surface area (Å²) in [5, 5.41) is 12.7. The first kappa shape index (κ1) is 21.3. The number of carbonyl (C=O) groups is 1. The molecule has 1 aromatic heterocycles. The molecule has 0 radical (unpaired) electrons. The molecule has 0 aliphatic heterocycles. The Balaban J connectivity index is 1.74. The number of carbonyl (C=O) groups excluding carboxylic acids is 1. The smallest absolute Gasteiger partial charge is 0.268 e. The minimum atomic E-state index is -0.479. The summed E-state index contributed by atoms with van der Waals surface area (Å²) in [5.41, 5.74) is 3.77. The average molecular weight is 418 g/mol. The quantitative estimate of drug-likeness (QED) is 0.392. The number of amides is 1. The van der Waals surface area contributed by atoms with Gasteiger partial charge >= 0.3 is 0 Å². The number of nitriles is 1. The molecule has 1 amide bonds. The van der Waals surface area contributed by atoms with E-state index in [0.29, 0.717) is 11.7 Å². The predicted molar refractivity (Wildman–Crippen MR) is 121 cm³/mol. The zero-order valence-electron chi connectivity index (χ0n) is 17.2. The molecule has 0 aliphatic rings. The third kappa shape index (κ3) is 5.34. The summed E-state index contributed by atoms with van der Waals surface area (Å²) < 4.78 is 5.55. The van der Waals surface area contributed by atoms with E-state index < -0.39 is 5.91 Å². The Labute approximate surface area is 180 Å². The van der Waals surface area contributed by atoms with Crippen molar-refractivity contribution in [2.75, 3.05) is 11.9 Å². The molecule has 5 nitrogen and oxygen atoms in total. The fraction of sp³-hybridized carbons (Fsp3) is 0.208. The Hall–Kier alpha value is -3.43. The number of nitrogens with one attached hydrogen (secondary N) is 1. The van der Waals surface area contributed by atoms with Crippen molar-refractivity contribution in [3.8, 4) is 23.1 Å². The van der Waals surface area contributed by atoms with E-state index in [2.05, 4.69) is 10.3 Å². The molecule has 0 aliphatic carbocycles. The van der Waals surface area contributed by atoms with E-state index in [0.717, 1.165) is 33.9 Å². The Morgan fingerprint density at radius 3 is 2.50 bits per heavy atom. The number of thiazole rings is 1. The average Bonchev–Trinajstić information content (AvgIpc) is 3.11. The molecule has 3 aromatic rings. The van der Waals surface area contributed by atoms with Gasteiger partial charge < -0.3 is 4.74 Å². The zero-order chi connectivity index (χ0) is 21.5. The van der Waals surface area contributed by atoms with Crippen LogP contribution in [-0.4, -0.2) is 17.5 Å². The van der Waals surface area contributed by atoms with Crippen molar-refractivity contribution in [2.24, 2.45) is 0 Å². The van der Waals surface area contributed by atoms with Crippen LogP contribution in [0, 0.1) is 25.2 Å². The van der Waals surface area contributed by atoms with Crippen LogP contribution in [0.2, 0.25) is 0 Å². The summed E-state index contributed by atoms with van der Waals surface area (Å²) in [6.07, 6.45) is 2.49. The van der Waals surface area contributed by atoms with Crippen LogP contribution in [0.25, 0.3) is 17.3 Å². The molecular weight excluding hydrogens is 394 g/mol. The second kappa shape index (κ2) is 9.86. The maximum atomic E-state index is 12.6. The van der Waals surface area contributed by atoms with Crippen molar-refractivity contribution in [1.82, 2.24) is 4.98 Å². The maximum absolute atomic E-state index is 12.6. The summed E-state index contributed by atoms with van der Waals surface area (Å²) in [6.45, 7) is 6.69. The van der Waals surface area contributed by atoms with Crippen molar-refractivity contribution < 1.29 is 9.53 Å². The van der Waals surface area contributed by atoms with Crippen LogP contribution in [0.1, 0.15) is 29.3 Å². The van der Waals surface area contributed by atoms with Gasteiger partial charge in [0.2, 0.25) is 0 Å². The van der Waals surface area contributed by atoms with Crippen molar-refractivity contribution >= 4 is 28.5 Å². The lowest BCUT2D eigenvalue weighted by atomic mass is 10.1. The van der Waals surface area contributed by atoms with Crippen LogP contribution in [-0.2, 0) is 4.79 Å². The van der Waals surface area contributed by atoms with Gasteiger partial charge in [-0.2, -0.15) is 5.26 Å². The van der Waals surface area contributed by atoms with Crippen LogP contribution in [0.3, 0.4) is 0 Å². The molecule has 0 saturated heterocycles. The molecule has 3 rings (SSSR count). The number of rotatable bonds is 7. The van der Waals surface area contributed by atoms with Gasteiger partial charge in [-0.3, -0.25) is 10.1 Å². The van der Waals surface area contributed by atoms with Crippen LogP contribution >= 0.6 is 11.3 Å². The number of anilines is 1. The Bertz CT molecular complexity index is 1090. The van der Waals surface area contributed by atoms with Crippen molar-refractivity contribution in [1.29, 1.82) is 5.26 Å². The SMILES string of the molecule is CCCOc1ccc(C=C(C#N)C(=O)Nc2nc(-c3ccc(C)cc3)c(C)s2)cc1. The van der Waals surface area contributed by atoms with Gasteiger partial charge in [0.05, 0.1) is 12.3 Å². The van der Waals surface area contributed by atoms with Gasteiger partial charge in [0.1, 0.15) is 17.4 Å². The van der Waals surface area contributed by atoms with Gasteiger partial charge in [0.15, 0.2) is 5.13 Å². The number of nitrogens with zero attached hydrogens (tertiary/aromatic N) is 2. The van der Waals surface area contributed by atoms with E-state index in [-0.39, 0.29) is 5.57 Å². The monoisotopic (exact) mass is 417 g/mol. The number of aryl methyl sites for hydroxylation is 2. The van der Waals surface area contributed by atoms with Crippen LogP contribution in [0.4, 0.5) is 5.13 Å². The summed E-state index contributed by atoms with van der Waals surface area (Å²) >= 11 is 1.39. The predicted octanol–water partition coefficient (Wildman–Crippen LogP) is 5.76. The molecule has 0 unspecified atom stereocenters. The Kier molecular flexibility index (Phi) is 6.99. The highest BCUT2D eigenvalue weighted by Gasteiger charge is 2.15. The lowest BCUT2D eigenvalue weighted by Crippen LogP contribution is -2.13. The highest BCUT2D eigenvalue weighted by Crippen LogP contribution is 2.30. The Morgan fingerprint density at radius 1 is 1.17 bits per heavy atom. The van der Waals surface area contributed by atoms with Crippen molar-refractivity contribution in [2.45, 2.75) is 27.2 Å². The summed E-state index contributed by atoms with van der Waals surface area (Å²) in [5.74, 6) is 0.284.